The van der Waals surface area contributed by atoms with Crippen LogP contribution in [0.3, 0.4) is 0 Å². The summed E-state index contributed by atoms with van der Waals surface area (Å²) in [5.41, 5.74) is 4.02. The number of pyridine rings is 1. The maximum atomic E-state index is 15.0. The van der Waals surface area contributed by atoms with Crippen LogP contribution >= 0.6 is 11.6 Å². The molecule has 1 aliphatic heterocycles. The third kappa shape index (κ3) is 6.18. The average molecular weight is 605 g/mol. The minimum atomic E-state index is -0.484. The molecule has 0 bridgehead atoms. The number of aryl methyl sites for hydroxylation is 2. The monoisotopic (exact) mass is 604 g/mol. The van der Waals surface area contributed by atoms with Crippen molar-refractivity contribution in [3.8, 4) is 33.7 Å². The Balaban J connectivity index is 1.40. The van der Waals surface area contributed by atoms with E-state index in [1.54, 1.807) is 43.8 Å². The van der Waals surface area contributed by atoms with Crippen LogP contribution in [0.1, 0.15) is 38.8 Å². The molecule has 0 amide bonds. The van der Waals surface area contributed by atoms with Crippen molar-refractivity contribution in [3.05, 3.63) is 82.0 Å². The summed E-state index contributed by atoms with van der Waals surface area (Å²) in [4.78, 5) is 19.4. The zero-order valence-corrected chi connectivity index (χ0v) is 26.2. The minimum absolute atomic E-state index is 0.0581. The van der Waals surface area contributed by atoms with Gasteiger partial charge in [-0.25, -0.2) is 9.18 Å². The quantitative estimate of drug-likeness (QED) is 0.234. The lowest BCUT2D eigenvalue weighted by Crippen LogP contribution is -2.29. The smallest absolute Gasteiger partial charge is 0.332 e. The standard InChI is InChI=1S/C32H36ClFN5O2Si/c1-20(2)39(42)10-5-6-22-9-11-37(19-22)30-15-24(18-35-21(30)3)27-17-25(34)16-26(31(27)40)23-7-8-29(28(33)14-23)38-13-12-36(4)32(38)41/h7-8,12-18,20,22,40H,5-6,9-11,19H2,1-4H3/t22-/m1/s1. The van der Waals surface area contributed by atoms with Gasteiger partial charge in [-0.1, -0.05) is 31.5 Å². The van der Waals surface area contributed by atoms with Crippen LogP contribution in [0.4, 0.5) is 10.1 Å². The van der Waals surface area contributed by atoms with Gasteiger partial charge in [0.15, 0.2) is 0 Å². The van der Waals surface area contributed by atoms with Crippen LogP contribution in [-0.4, -0.2) is 59.9 Å². The van der Waals surface area contributed by atoms with Crippen LogP contribution in [0, 0.1) is 18.7 Å². The molecule has 3 heterocycles. The van der Waals surface area contributed by atoms with Crippen molar-refractivity contribution >= 4 is 27.7 Å². The Morgan fingerprint density at radius 1 is 1.14 bits per heavy atom. The van der Waals surface area contributed by atoms with E-state index in [0.29, 0.717) is 44.9 Å². The predicted molar refractivity (Wildman–Crippen MR) is 168 cm³/mol. The number of anilines is 1. The van der Waals surface area contributed by atoms with E-state index in [-0.39, 0.29) is 11.4 Å². The van der Waals surface area contributed by atoms with Crippen molar-refractivity contribution in [2.24, 2.45) is 13.0 Å². The van der Waals surface area contributed by atoms with Gasteiger partial charge in [0.05, 0.1) is 22.1 Å². The summed E-state index contributed by atoms with van der Waals surface area (Å²) >= 11 is 6.56. The zero-order valence-electron chi connectivity index (χ0n) is 24.4. The van der Waals surface area contributed by atoms with Crippen LogP contribution in [0.15, 0.2) is 59.8 Å². The maximum absolute atomic E-state index is 15.0. The first-order chi connectivity index (χ1) is 20.0. The van der Waals surface area contributed by atoms with E-state index in [9.17, 15) is 9.90 Å². The van der Waals surface area contributed by atoms with E-state index in [0.717, 1.165) is 50.3 Å². The Kier molecular flexibility index (Phi) is 8.91. The summed E-state index contributed by atoms with van der Waals surface area (Å²) < 4.78 is 20.1. The summed E-state index contributed by atoms with van der Waals surface area (Å²) in [7, 11) is 5.35. The molecule has 1 atom stereocenters. The zero-order chi connectivity index (χ0) is 30.1. The molecular weight excluding hydrogens is 569 g/mol. The van der Waals surface area contributed by atoms with E-state index < -0.39 is 5.82 Å². The van der Waals surface area contributed by atoms with Crippen LogP contribution in [0.5, 0.6) is 5.75 Å². The molecule has 1 saturated heterocycles. The molecule has 1 aliphatic rings. The van der Waals surface area contributed by atoms with Crippen molar-refractivity contribution in [2.75, 3.05) is 24.5 Å². The maximum Gasteiger partial charge on any atom is 0.332 e. The first-order valence-corrected chi connectivity index (χ1v) is 15.1. The number of imidazole rings is 1. The Labute approximate surface area is 254 Å². The predicted octanol–water partition coefficient (Wildman–Crippen LogP) is 6.11. The molecule has 0 aliphatic carbocycles. The van der Waals surface area contributed by atoms with E-state index in [1.807, 2.05) is 13.0 Å². The van der Waals surface area contributed by atoms with Crippen LogP contribution < -0.4 is 10.6 Å². The lowest BCUT2D eigenvalue weighted by atomic mass is 9.97. The fraction of sp³-hybridized carbons (Fsp3) is 0.375. The largest absolute Gasteiger partial charge is 0.507 e. The highest BCUT2D eigenvalue weighted by Crippen LogP contribution is 2.41. The molecule has 219 valence electrons. The summed E-state index contributed by atoms with van der Waals surface area (Å²) in [6, 6.07) is 10.1. The number of nitrogens with zero attached hydrogens (tertiary/aromatic N) is 5. The molecule has 4 aromatic rings. The lowest BCUT2D eigenvalue weighted by Gasteiger charge is -2.23. The van der Waals surface area contributed by atoms with Crippen LogP contribution in [-0.2, 0) is 7.05 Å². The number of benzene rings is 2. The highest BCUT2D eigenvalue weighted by Gasteiger charge is 2.25. The van der Waals surface area contributed by atoms with Gasteiger partial charge in [0, 0.05) is 55.4 Å². The number of phenols is 1. The third-order valence-corrected chi connectivity index (χ3v) is 9.22. The number of aromatic nitrogens is 3. The molecule has 0 saturated carbocycles. The molecular formula is C32H36ClFN5O2Si. The molecule has 3 radical (unpaired) electrons. The number of hydrogen-bond donors (Lipinski definition) is 1. The third-order valence-electron chi connectivity index (χ3n) is 8.17. The molecule has 2 aromatic heterocycles. The van der Waals surface area contributed by atoms with Crippen molar-refractivity contribution in [1.29, 1.82) is 0 Å². The van der Waals surface area contributed by atoms with Crippen molar-refractivity contribution < 1.29 is 9.50 Å². The SMILES string of the molecule is Cc1ncc(-c2cc(F)cc(-c3ccc(-n4ccn(C)c4=O)c(Cl)c3)c2O)cc1N1CC[C@@H](CCCN([Si])C(C)C)C1. The lowest BCUT2D eigenvalue weighted by molar-refractivity contribution is 0.355. The van der Waals surface area contributed by atoms with Gasteiger partial charge >= 0.3 is 5.69 Å². The normalized spacial score (nSPS) is 15.4. The van der Waals surface area contributed by atoms with Crippen LogP contribution in [0.2, 0.25) is 5.02 Å². The first-order valence-electron chi connectivity index (χ1n) is 14.3. The molecule has 42 heavy (non-hydrogen) atoms. The molecule has 7 nitrogen and oxygen atoms in total. The average Bonchev–Trinajstić information content (AvgIpc) is 3.56. The van der Waals surface area contributed by atoms with Crippen molar-refractivity contribution in [2.45, 2.75) is 46.1 Å². The Bertz CT molecular complexity index is 1650. The number of halogens is 2. The molecule has 10 heteroatoms. The van der Waals surface area contributed by atoms with Gasteiger partial charge in [-0.2, -0.15) is 0 Å². The molecule has 2 aromatic carbocycles. The second-order valence-electron chi connectivity index (χ2n) is 11.4. The topological polar surface area (TPSA) is 66.5 Å². The van der Waals surface area contributed by atoms with E-state index in [2.05, 4.69) is 38.7 Å². The van der Waals surface area contributed by atoms with Crippen molar-refractivity contribution in [1.82, 2.24) is 18.7 Å². The van der Waals surface area contributed by atoms with E-state index >= 15 is 4.39 Å². The number of phenolic OH excluding ortho intramolecular Hbond substituents is 1. The van der Waals surface area contributed by atoms with Gasteiger partial charge in [-0.15, -0.1) is 0 Å². The fourth-order valence-corrected chi connectivity index (χ4v) is 6.07. The Hall–Kier alpha value is -3.40. The van der Waals surface area contributed by atoms with Gasteiger partial charge < -0.3 is 19.1 Å². The van der Waals surface area contributed by atoms with Gasteiger partial charge in [-0.3, -0.25) is 9.55 Å². The summed E-state index contributed by atoms with van der Waals surface area (Å²) in [5, 5.41) is 11.7. The first kappa shape index (κ1) is 30.1. The van der Waals surface area contributed by atoms with Crippen LogP contribution in [0.25, 0.3) is 27.9 Å². The summed E-state index contributed by atoms with van der Waals surface area (Å²) in [6.07, 6.45) is 8.37. The molecule has 1 N–H and O–H groups in total. The Morgan fingerprint density at radius 2 is 1.88 bits per heavy atom. The highest BCUT2D eigenvalue weighted by molar-refractivity contribution is 6.32. The van der Waals surface area contributed by atoms with Gasteiger partial charge in [0.1, 0.15) is 22.0 Å². The second kappa shape index (κ2) is 12.4. The molecule has 1 fully saturated rings. The number of hydrogen-bond acceptors (Lipinski definition) is 5. The number of rotatable bonds is 9. The van der Waals surface area contributed by atoms with E-state index in [4.69, 9.17) is 11.6 Å². The van der Waals surface area contributed by atoms with Gasteiger partial charge in [0.2, 0.25) is 0 Å². The fourth-order valence-electron chi connectivity index (χ4n) is 5.64. The summed E-state index contributed by atoms with van der Waals surface area (Å²) in [5.74, 6) is 0.0638. The van der Waals surface area contributed by atoms with Gasteiger partial charge in [0.25, 0.3) is 0 Å². The van der Waals surface area contributed by atoms with E-state index in [1.165, 1.54) is 21.3 Å². The second-order valence-corrected chi connectivity index (χ2v) is 12.4. The number of aromatic hydroxyl groups is 1. The molecule has 5 rings (SSSR count). The molecule has 0 unspecified atom stereocenters. The molecule has 0 spiro atoms. The van der Waals surface area contributed by atoms with Gasteiger partial charge in [-0.05, 0) is 80.6 Å². The summed E-state index contributed by atoms with van der Waals surface area (Å²) in [6.45, 7) is 9.23. The minimum Gasteiger partial charge on any atom is -0.507 e. The van der Waals surface area contributed by atoms with Crippen molar-refractivity contribution in [3.63, 3.8) is 0 Å². The Morgan fingerprint density at radius 3 is 2.55 bits per heavy atom. The highest BCUT2D eigenvalue weighted by atomic mass is 35.5.